The van der Waals surface area contributed by atoms with Crippen LogP contribution in [0.3, 0.4) is 0 Å². The molecule has 0 bridgehead atoms. The Bertz CT molecular complexity index is 1190. The average molecular weight is 460 g/mol. The summed E-state index contributed by atoms with van der Waals surface area (Å²) in [7, 11) is 1.69. The van der Waals surface area contributed by atoms with Crippen LogP contribution >= 0.6 is 23.4 Å². The lowest BCUT2D eigenvalue weighted by molar-refractivity contribution is 0.189. The molecule has 0 radical (unpaired) electrons. The minimum absolute atomic E-state index is 0.306. The van der Waals surface area contributed by atoms with Gasteiger partial charge in [0.2, 0.25) is 0 Å². The fourth-order valence-corrected chi connectivity index (χ4v) is 4.69. The molecule has 162 valence electrons. The van der Waals surface area contributed by atoms with E-state index in [1.54, 1.807) is 13.2 Å². The Kier molecular flexibility index (Phi) is 6.89. The van der Waals surface area contributed by atoms with Crippen LogP contribution in [0, 0.1) is 5.82 Å². The number of ether oxygens (including phenoxy) is 1. The van der Waals surface area contributed by atoms with Crippen LogP contribution in [0.15, 0.2) is 47.6 Å². The Morgan fingerprint density at radius 2 is 1.94 bits per heavy atom. The molecule has 0 aliphatic rings. The molecule has 0 atom stereocenters. The molecule has 2 heterocycles. The largest absolute Gasteiger partial charge is 0.385 e. The number of rotatable bonds is 9. The molecule has 2 aromatic carbocycles. The van der Waals surface area contributed by atoms with E-state index in [-0.39, 0.29) is 5.82 Å². The van der Waals surface area contributed by atoms with E-state index in [0.29, 0.717) is 36.0 Å². The molecule has 31 heavy (non-hydrogen) atoms. The summed E-state index contributed by atoms with van der Waals surface area (Å²) in [6.07, 6.45) is 0.818. The van der Waals surface area contributed by atoms with Crippen LogP contribution in [0.2, 0.25) is 5.02 Å². The van der Waals surface area contributed by atoms with Gasteiger partial charge in [-0.15, -0.1) is 10.2 Å². The minimum atomic E-state index is -0.306. The quantitative estimate of drug-likeness (QED) is 0.246. The predicted octanol–water partition coefficient (Wildman–Crippen LogP) is 5.44. The molecular formula is C22H23ClFN5OS. The van der Waals surface area contributed by atoms with Crippen molar-refractivity contribution in [2.75, 3.05) is 13.7 Å². The summed E-state index contributed by atoms with van der Waals surface area (Å²) in [6, 6.07) is 12.6. The molecule has 0 N–H and O–H groups in total. The van der Waals surface area contributed by atoms with E-state index >= 15 is 0 Å². The molecule has 0 amide bonds. The number of methoxy groups -OCH3 is 1. The third-order valence-corrected chi connectivity index (χ3v) is 6.31. The summed E-state index contributed by atoms with van der Waals surface area (Å²) in [4.78, 5) is 4.55. The molecule has 4 aromatic rings. The van der Waals surface area contributed by atoms with E-state index in [0.717, 1.165) is 34.3 Å². The number of aromatic nitrogens is 5. The van der Waals surface area contributed by atoms with E-state index < -0.39 is 0 Å². The first kappa shape index (κ1) is 21.8. The number of halogens is 2. The van der Waals surface area contributed by atoms with E-state index in [1.807, 2.05) is 41.8 Å². The van der Waals surface area contributed by atoms with Crippen molar-refractivity contribution in [1.82, 2.24) is 24.3 Å². The summed E-state index contributed by atoms with van der Waals surface area (Å²) in [5.41, 5.74) is 2.04. The average Bonchev–Trinajstić information content (AvgIpc) is 3.34. The third-order valence-electron chi connectivity index (χ3n) is 5.02. The van der Waals surface area contributed by atoms with Gasteiger partial charge in [-0.2, -0.15) is 0 Å². The predicted molar refractivity (Wildman–Crippen MR) is 122 cm³/mol. The molecule has 9 heteroatoms. The smallest absolute Gasteiger partial charge is 0.191 e. The zero-order valence-electron chi connectivity index (χ0n) is 17.4. The van der Waals surface area contributed by atoms with Gasteiger partial charge in [0, 0.05) is 32.4 Å². The fraction of sp³-hybridized carbons (Fsp3) is 0.318. The summed E-state index contributed by atoms with van der Waals surface area (Å²) in [5, 5.41) is 10.2. The van der Waals surface area contributed by atoms with E-state index in [9.17, 15) is 4.39 Å². The number of fused-ring (bicyclic) bond motifs is 1. The molecule has 2 aromatic heterocycles. The molecule has 0 saturated heterocycles. The maximum atomic E-state index is 14.2. The summed E-state index contributed by atoms with van der Waals surface area (Å²) in [5.74, 6) is 1.77. The van der Waals surface area contributed by atoms with Crippen molar-refractivity contribution in [1.29, 1.82) is 0 Å². The van der Waals surface area contributed by atoms with Gasteiger partial charge in [-0.05, 0) is 37.6 Å². The lowest BCUT2D eigenvalue weighted by atomic mass is 10.2. The summed E-state index contributed by atoms with van der Waals surface area (Å²) < 4.78 is 23.5. The van der Waals surface area contributed by atoms with Gasteiger partial charge < -0.3 is 13.9 Å². The van der Waals surface area contributed by atoms with Crippen molar-refractivity contribution in [2.45, 2.75) is 37.3 Å². The Balaban J connectivity index is 1.65. The summed E-state index contributed by atoms with van der Waals surface area (Å²) >= 11 is 7.94. The molecule has 0 saturated carbocycles. The minimum Gasteiger partial charge on any atom is -0.385 e. The van der Waals surface area contributed by atoms with Gasteiger partial charge in [0.15, 0.2) is 16.8 Å². The first-order valence-corrected chi connectivity index (χ1v) is 11.4. The molecule has 4 rings (SSSR count). The number of benzene rings is 2. The van der Waals surface area contributed by atoms with Gasteiger partial charge in [-0.25, -0.2) is 9.37 Å². The topological polar surface area (TPSA) is 57.8 Å². The van der Waals surface area contributed by atoms with Crippen LogP contribution in [0.4, 0.5) is 4.39 Å². The lowest BCUT2D eigenvalue weighted by Crippen LogP contribution is -2.06. The fourth-order valence-electron chi connectivity index (χ4n) is 3.56. The van der Waals surface area contributed by atoms with Gasteiger partial charge in [0.25, 0.3) is 0 Å². The molecular weight excluding hydrogens is 437 g/mol. The number of hydrogen-bond donors (Lipinski definition) is 0. The molecule has 0 fully saturated rings. The van der Waals surface area contributed by atoms with Crippen LogP contribution in [0.1, 0.15) is 19.2 Å². The monoisotopic (exact) mass is 459 g/mol. The number of nitrogens with zero attached hydrogens (tertiary/aromatic N) is 5. The molecule has 0 unspecified atom stereocenters. The van der Waals surface area contributed by atoms with Crippen LogP contribution in [-0.4, -0.2) is 38.0 Å². The first-order valence-electron chi connectivity index (χ1n) is 10.1. The second kappa shape index (κ2) is 9.80. The Hall–Kier alpha value is -2.42. The Morgan fingerprint density at radius 3 is 2.71 bits per heavy atom. The Morgan fingerprint density at radius 1 is 1.10 bits per heavy atom. The van der Waals surface area contributed by atoms with Crippen LogP contribution in [0.5, 0.6) is 0 Å². The van der Waals surface area contributed by atoms with Crippen molar-refractivity contribution in [3.63, 3.8) is 0 Å². The van der Waals surface area contributed by atoms with Crippen molar-refractivity contribution in [3.05, 3.63) is 59.1 Å². The maximum absolute atomic E-state index is 14.2. The second-order valence-electron chi connectivity index (χ2n) is 6.95. The maximum Gasteiger partial charge on any atom is 0.191 e. The number of hydrogen-bond acceptors (Lipinski definition) is 5. The van der Waals surface area contributed by atoms with E-state index in [2.05, 4.69) is 19.7 Å². The van der Waals surface area contributed by atoms with Crippen LogP contribution < -0.4 is 0 Å². The number of imidazole rings is 1. The van der Waals surface area contributed by atoms with Gasteiger partial charge in [-0.3, -0.25) is 0 Å². The van der Waals surface area contributed by atoms with Crippen LogP contribution in [0.25, 0.3) is 22.4 Å². The molecule has 0 aliphatic carbocycles. The van der Waals surface area contributed by atoms with Gasteiger partial charge >= 0.3 is 0 Å². The standard InChI is InChI=1S/C22H23ClFN5OS/c1-3-28-18-11-6-10-17(24)20(18)25-19(28)14-31-22-27-26-21(29(22)12-7-13-30-2)15-8-4-5-9-16(15)23/h4-6,8-11H,3,7,12-14H2,1-2H3. The highest BCUT2D eigenvalue weighted by Crippen LogP contribution is 2.31. The SMILES string of the molecule is CCn1c(CSc2nnc(-c3ccccc3Cl)n2CCCOC)nc2c(F)cccc21. The van der Waals surface area contributed by atoms with Gasteiger partial charge in [0.05, 0.1) is 16.3 Å². The number of aryl methyl sites for hydroxylation is 1. The number of thioether (sulfide) groups is 1. The van der Waals surface area contributed by atoms with Crippen molar-refractivity contribution in [2.24, 2.45) is 0 Å². The van der Waals surface area contributed by atoms with E-state index in [4.69, 9.17) is 16.3 Å². The zero-order chi connectivity index (χ0) is 21.8. The molecule has 0 aliphatic heterocycles. The highest BCUT2D eigenvalue weighted by Gasteiger charge is 2.18. The Labute approximate surface area is 189 Å². The lowest BCUT2D eigenvalue weighted by Gasteiger charge is -2.11. The third kappa shape index (κ3) is 4.46. The van der Waals surface area contributed by atoms with Crippen molar-refractivity contribution < 1.29 is 9.13 Å². The highest BCUT2D eigenvalue weighted by molar-refractivity contribution is 7.98. The zero-order valence-corrected chi connectivity index (χ0v) is 19.0. The van der Waals surface area contributed by atoms with Crippen molar-refractivity contribution >= 4 is 34.4 Å². The second-order valence-corrected chi connectivity index (χ2v) is 8.30. The molecule has 0 spiro atoms. The number of para-hydroxylation sites is 1. The van der Waals surface area contributed by atoms with Gasteiger partial charge in [-0.1, -0.05) is 41.6 Å². The first-order chi connectivity index (χ1) is 15.1. The van der Waals surface area contributed by atoms with Gasteiger partial charge in [0.1, 0.15) is 11.3 Å². The summed E-state index contributed by atoms with van der Waals surface area (Å²) in [6.45, 7) is 4.07. The normalized spacial score (nSPS) is 11.5. The molecule has 6 nitrogen and oxygen atoms in total. The van der Waals surface area contributed by atoms with Crippen molar-refractivity contribution in [3.8, 4) is 11.4 Å². The highest BCUT2D eigenvalue weighted by atomic mass is 35.5. The van der Waals surface area contributed by atoms with Crippen LogP contribution in [-0.2, 0) is 23.6 Å². The van der Waals surface area contributed by atoms with E-state index in [1.165, 1.54) is 17.8 Å².